The smallest absolute Gasteiger partial charge is 0.222 e. The normalized spacial score (nSPS) is 18.5. The minimum Gasteiger partial charge on any atom is -0.379 e. The highest BCUT2D eigenvalue weighted by Gasteiger charge is 2.23. The first-order valence-corrected chi connectivity index (χ1v) is 7.74. The molecular formula is C14H22N2O2S. The first-order valence-electron chi connectivity index (χ1n) is 6.80. The van der Waals surface area contributed by atoms with Gasteiger partial charge >= 0.3 is 0 Å². The fraction of sp³-hybridized carbons (Fsp3) is 0.643. The van der Waals surface area contributed by atoms with Crippen LogP contribution in [0.1, 0.15) is 25.5 Å². The summed E-state index contributed by atoms with van der Waals surface area (Å²) < 4.78 is 5.40. The van der Waals surface area contributed by atoms with Crippen LogP contribution in [0, 0.1) is 5.92 Å². The number of amides is 1. The monoisotopic (exact) mass is 282 g/mol. The molecule has 5 heteroatoms. The van der Waals surface area contributed by atoms with Gasteiger partial charge in [0, 0.05) is 25.6 Å². The molecule has 1 atom stereocenters. The Bertz CT molecular complexity index is 386. The van der Waals surface area contributed by atoms with Crippen LogP contribution in [0.15, 0.2) is 16.8 Å². The van der Waals surface area contributed by atoms with Gasteiger partial charge in [0.15, 0.2) is 0 Å². The highest BCUT2D eigenvalue weighted by atomic mass is 32.1. The molecule has 4 nitrogen and oxygen atoms in total. The number of hydrogen-bond donors (Lipinski definition) is 1. The molecule has 1 saturated heterocycles. The quantitative estimate of drug-likeness (QED) is 0.897. The summed E-state index contributed by atoms with van der Waals surface area (Å²) in [6.07, 6.45) is 0. The molecule has 1 aromatic heterocycles. The lowest BCUT2D eigenvalue weighted by molar-refractivity contribution is -0.124. The summed E-state index contributed by atoms with van der Waals surface area (Å²) in [5, 5.41) is 7.31. The van der Waals surface area contributed by atoms with Gasteiger partial charge in [-0.2, -0.15) is 11.3 Å². The van der Waals surface area contributed by atoms with Crippen molar-refractivity contribution in [3.05, 3.63) is 22.4 Å². The van der Waals surface area contributed by atoms with Crippen LogP contribution < -0.4 is 5.32 Å². The van der Waals surface area contributed by atoms with Crippen molar-refractivity contribution in [3.63, 3.8) is 0 Å². The van der Waals surface area contributed by atoms with E-state index in [0.29, 0.717) is 6.54 Å². The molecule has 0 saturated carbocycles. The lowest BCUT2D eigenvalue weighted by Crippen LogP contribution is -2.44. The summed E-state index contributed by atoms with van der Waals surface area (Å²) in [6, 6.07) is 2.41. The molecule has 0 spiro atoms. The molecule has 0 aliphatic carbocycles. The summed E-state index contributed by atoms with van der Waals surface area (Å²) >= 11 is 1.70. The van der Waals surface area contributed by atoms with Gasteiger partial charge in [-0.1, -0.05) is 13.8 Å². The molecule has 1 amide bonds. The van der Waals surface area contributed by atoms with Crippen molar-refractivity contribution >= 4 is 17.2 Å². The Morgan fingerprint density at radius 3 is 2.79 bits per heavy atom. The zero-order chi connectivity index (χ0) is 13.7. The molecule has 1 aliphatic rings. The van der Waals surface area contributed by atoms with E-state index in [1.807, 2.05) is 13.8 Å². The van der Waals surface area contributed by atoms with E-state index >= 15 is 0 Å². The van der Waals surface area contributed by atoms with Gasteiger partial charge < -0.3 is 10.1 Å². The topological polar surface area (TPSA) is 41.6 Å². The number of thiophene rings is 1. The fourth-order valence-electron chi connectivity index (χ4n) is 2.21. The number of rotatable bonds is 5. The van der Waals surface area contributed by atoms with Crippen LogP contribution in [0.2, 0.25) is 0 Å². The zero-order valence-corrected chi connectivity index (χ0v) is 12.4. The number of carbonyl (C=O) groups is 1. The van der Waals surface area contributed by atoms with Crippen molar-refractivity contribution in [1.29, 1.82) is 0 Å². The summed E-state index contributed by atoms with van der Waals surface area (Å²) in [7, 11) is 0. The zero-order valence-electron chi connectivity index (χ0n) is 11.6. The van der Waals surface area contributed by atoms with Gasteiger partial charge in [0.25, 0.3) is 0 Å². The molecule has 19 heavy (non-hydrogen) atoms. The van der Waals surface area contributed by atoms with Crippen molar-refractivity contribution in [2.24, 2.45) is 5.92 Å². The molecular weight excluding hydrogens is 260 g/mol. The minimum atomic E-state index is 0.0350. The summed E-state index contributed by atoms with van der Waals surface area (Å²) in [5.41, 5.74) is 1.29. The molecule has 1 N–H and O–H groups in total. The predicted octanol–water partition coefficient (Wildman–Crippen LogP) is 1.89. The van der Waals surface area contributed by atoms with Gasteiger partial charge in [-0.05, 0) is 22.4 Å². The third kappa shape index (κ3) is 4.03. The second kappa shape index (κ2) is 7.03. The van der Waals surface area contributed by atoms with Crippen LogP contribution in [-0.4, -0.2) is 43.7 Å². The third-order valence-corrected chi connectivity index (χ3v) is 4.11. The first kappa shape index (κ1) is 14.5. The van der Waals surface area contributed by atoms with Gasteiger partial charge in [0.05, 0.1) is 19.3 Å². The Labute approximate surface area is 118 Å². The van der Waals surface area contributed by atoms with Crippen molar-refractivity contribution in [2.45, 2.75) is 19.9 Å². The van der Waals surface area contributed by atoms with Gasteiger partial charge in [0.1, 0.15) is 0 Å². The Morgan fingerprint density at radius 2 is 2.21 bits per heavy atom. The van der Waals surface area contributed by atoms with E-state index in [0.717, 1.165) is 26.3 Å². The van der Waals surface area contributed by atoms with Crippen LogP contribution in [0.5, 0.6) is 0 Å². The van der Waals surface area contributed by atoms with Crippen molar-refractivity contribution in [3.8, 4) is 0 Å². The first-order chi connectivity index (χ1) is 9.18. The Morgan fingerprint density at radius 1 is 1.47 bits per heavy atom. The van der Waals surface area contributed by atoms with Gasteiger partial charge in [-0.25, -0.2) is 0 Å². The second-order valence-corrected chi connectivity index (χ2v) is 5.90. The average molecular weight is 282 g/mol. The fourth-order valence-corrected chi connectivity index (χ4v) is 2.92. The number of ether oxygens (including phenoxy) is 1. The second-order valence-electron chi connectivity index (χ2n) is 5.12. The molecule has 0 unspecified atom stereocenters. The maximum Gasteiger partial charge on any atom is 0.222 e. The van der Waals surface area contributed by atoms with Crippen molar-refractivity contribution < 1.29 is 9.53 Å². The Kier molecular flexibility index (Phi) is 5.36. The summed E-state index contributed by atoms with van der Waals surface area (Å²) in [4.78, 5) is 14.1. The van der Waals surface area contributed by atoms with Gasteiger partial charge in [-0.15, -0.1) is 0 Å². The number of carbonyl (C=O) groups excluding carboxylic acids is 1. The molecule has 0 bridgehead atoms. The maximum absolute atomic E-state index is 11.7. The van der Waals surface area contributed by atoms with E-state index < -0.39 is 0 Å². The SMILES string of the molecule is CC(C)C(=O)NC[C@H](c1ccsc1)N1CCOCC1. The lowest BCUT2D eigenvalue weighted by atomic mass is 10.1. The molecule has 1 aromatic rings. The standard InChI is InChI=1S/C14H22N2O2S/c1-11(2)14(17)15-9-13(12-3-8-19-10-12)16-4-6-18-7-5-16/h3,8,10-11,13H,4-7,9H2,1-2H3,(H,15,17)/t13-/m1/s1. The van der Waals surface area contributed by atoms with E-state index in [1.165, 1.54) is 5.56 Å². The number of hydrogen-bond acceptors (Lipinski definition) is 4. The number of morpholine rings is 1. The van der Waals surface area contributed by atoms with E-state index in [2.05, 4.69) is 27.0 Å². The van der Waals surface area contributed by atoms with Gasteiger partial charge in [-0.3, -0.25) is 9.69 Å². The molecule has 106 valence electrons. The Hall–Kier alpha value is -0.910. The van der Waals surface area contributed by atoms with E-state index in [-0.39, 0.29) is 17.9 Å². The highest BCUT2D eigenvalue weighted by Crippen LogP contribution is 2.23. The van der Waals surface area contributed by atoms with Crippen LogP contribution in [0.4, 0.5) is 0 Å². The van der Waals surface area contributed by atoms with E-state index in [9.17, 15) is 4.79 Å². The van der Waals surface area contributed by atoms with Crippen LogP contribution >= 0.6 is 11.3 Å². The van der Waals surface area contributed by atoms with E-state index in [1.54, 1.807) is 11.3 Å². The highest BCUT2D eigenvalue weighted by molar-refractivity contribution is 7.07. The molecule has 0 aromatic carbocycles. The Balaban J connectivity index is 2.00. The molecule has 2 rings (SSSR count). The van der Waals surface area contributed by atoms with Crippen molar-refractivity contribution in [1.82, 2.24) is 10.2 Å². The number of nitrogens with one attached hydrogen (secondary N) is 1. The van der Waals surface area contributed by atoms with E-state index in [4.69, 9.17) is 4.74 Å². The molecule has 1 fully saturated rings. The largest absolute Gasteiger partial charge is 0.379 e. The minimum absolute atomic E-state index is 0.0350. The number of nitrogens with zero attached hydrogens (tertiary/aromatic N) is 1. The molecule has 0 radical (unpaired) electrons. The molecule has 1 aliphatic heterocycles. The maximum atomic E-state index is 11.7. The summed E-state index contributed by atoms with van der Waals surface area (Å²) in [5.74, 6) is 0.154. The lowest BCUT2D eigenvalue weighted by Gasteiger charge is -2.34. The molecule has 2 heterocycles. The van der Waals surface area contributed by atoms with Crippen LogP contribution in [-0.2, 0) is 9.53 Å². The predicted molar refractivity (Wildman–Crippen MR) is 77.3 cm³/mol. The van der Waals surface area contributed by atoms with Crippen LogP contribution in [0.25, 0.3) is 0 Å². The van der Waals surface area contributed by atoms with Gasteiger partial charge in [0.2, 0.25) is 5.91 Å². The van der Waals surface area contributed by atoms with Crippen LogP contribution in [0.3, 0.4) is 0 Å². The average Bonchev–Trinajstić information content (AvgIpc) is 2.94. The third-order valence-electron chi connectivity index (χ3n) is 3.41. The van der Waals surface area contributed by atoms with Crippen molar-refractivity contribution in [2.75, 3.05) is 32.8 Å². The summed E-state index contributed by atoms with van der Waals surface area (Å²) in [6.45, 7) is 7.93.